The summed E-state index contributed by atoms with van der Waals surface area (Å²) in [6, 6.07) is 18.9. The van der Waals surface area contributed by atoms with E-state index in [-0.39, 0.29) is 0 Å². The van der Waals surface area contributed by atoms with Crippen molar-refractivity contribution in [2.24, 2.45) is 10.9 Å². The Labute approximate surface area is 160 Å². The van der Waals surface area contributed by atoms with Crippen molar-refractivity contribution in [3.05, 3.63) is 71.1 Å². The van der Waals surface area contributed by atoms with Gasteiger partial charge >= 0.3 is 0 Å². The van der Waals surface area contributed by atoms with Crippen LogP contribution in [-0.2, 0) is 4.74 Å². The van der Waals surface area contributed by atoms with E-state index in [1.54, 1.807) is 11.8 Å². The molecule has 1 aliphatic heterocycles. The van der Waals surface area contributed by atoms with Crippen LogP contribution in [0.15, 0.2) is 75.5 Å². The maximum absolute atomic E-state index is 6.39. The molecule has 1 saturated heterocycles. The smallest absolute Gasteiger partial charge is 0.217 e. The van der Waals surface area contributed by atoms with Crippen LogP contribution < -0.4 is 0 Å². The van der Waals surface area contributed by atoms with Gasteiger partial charge in [0, 0.05) is 16.4 Å². The maximum Gasteiger partial charge on any atom is 0.217 e. The van der Waals surface area contributed by atoms with Crippen LogP contribution in [0.3, 0.4) is 0 Å². The van der Waals surface area contributed by atoms with Crippen molar-refractivity contribution in [1.82, 2.24) is 0 Å². The minimum Gasteiger partial charge on any atom is -0.474 e. The second-order valence-corrected chi connectivity index (χ2v) is 8.17. The van der Waals surface area contributed by atoms with Crippen LogP contribution in [0.4, 0.5) is 5.69 Å². The van der Waals surface area contributed by atoms with Crippen molar-refractivity contribution in [1.29, 1.82) is 0 Å². The molecule has 2 aromatic rings. The van der Waals surface area contributed by atoms with Gasteiger partial charge in [0.25, 0.3) is 0 Å². The predicted molar refractivity (Wildman–Crippen MR) is 110 cm³/mol. The summed E-state index contributed by atoms with van der Waals surface area (Å²) in [4.78, 5) is 6.11. The third-order valence-corrected chi connectivity index (χ3v) is 6.15. The standard InChI is InChI=1S/C23H25NOS/c1-17-11-13-20(14-12-17)24-23-19(16-26-21-8-3-2-4-9-21)15-18-7-5-6-10-22(18)25-23/h2-4,8-9,11-14,16,18,22H,5-7,10,15H2,1H3/b19-16+,24-23-. The molecule has 2 atom stereocenters. The third-order valence-electron chi connectivity index (χ3n) is 5.20. The van der Waals surface area contributed by atoms with Gasteiger partial charge in [0.05, 0.1) is 5.69 Å². The monoisotopic (exact) mass is 363 g/mol. The van der Waals surface area contributed by atoms with Crippen LogP contribution in [0.1, 0.15) is 37.7 Å². The van der Waals surface area contributed by atoms with E-state index in [0.717, 1.165) is 24.4 Å². The molecule has 3 heteroatoms. The fourth-order valence-corrected chi connectivity index (χ4v) is 4.51. The zero-order valence-electron chi connectivity index (χ0n) is 15.2. The molecule has 4 rings (SSSR count). The molecular weight excluding hydrogens is 338 g/mol. The summed E-state index contributed by atoms with van der Waals surface area (Å²) in [6.07, 6.45) is 6.46. The lowest BCUT2D eigenvalue weighted by atomic mass is 9.80. The summed E-state index contributed by atoms with van der Waals surface area (Å²) in [7, 11) is 0. The topological polar surface area (TPSA) is 21.6 Å². The summed E-state index contributed by atoms with van der Waals surface area (Å²) in [5.74, 6) is 1.46. The molecule has 0 N–H and O–H groups in total. The van der Waals surface area contributed by atoms with Crippen molar-refractivity contribution < 1.29 is 4.74 Å². The van der Waals surface area contributed by atoms with E-state index in [0.29, 0.717) is 12.0 Å². The van der Waals surface area contributed by atoms with Crippen molar-refractivity contribution in [2.75, 3.05) is 0 Å². The summed E-state index contributed by atoms with van der Waals surface area (Å²) in [6.45, 7) is 2.10. The number of fused-ring (bicyclic) bond motifs is 1. The van der Waals surface area contributed by atoms with Gasteiger partial charge in [-0.3, -0.25) is 0 Å². The first kappa shape index (κ1) is 17.4. The first-order valence-electron chi connectivity index (χ1n) is 9.51. The van der Waals surface area contributed by atoms with Crippen LogP contribution >= 0.6 is 11.8 Å². The number of benzene rings is 2. The number of thioether (sulfide) groups is 1. The van der Waals surface area contributed by atoms with E-state index in [4.69, 9.17) is 9.73 Å². The highest BCUT2D eigenvalue weighted by atomic mass is 32.2. The van der Waals surface area contributed by atoms with Gasteiger partial charge < -0.3 is 4.74 Å². The average Bonchev–Trinajstić information content (AvgIpc) is 2.69. The molecule has 1 heterocycles. The molecule has 0 radical (unpaired) electrons. The summed E-state index contributed by atoms with van der Waals surface area (Å²) >= 11 is 1.76. The lowest BCUT2D eigenvalue weighted by Crippen LogP contribution is -2.36. The molecule has 134 valence electrons. The van der Waals surface area contributed by atoms with Gasteiger partial charge in [-0.2, -0.15) is 0 Å². The lowest BCUT2D eigenvalue weighted by Gasteiger charge is -2.37. The van der Waals surface area contributed by atoms with E-state index < -0.39 is 0 Å². The fraction of sp³-hybridized carbons (Fsp3) is 0.348. The van der Waals surface area contributed by atoms with E-state index in [2.05, 4.69) is 66.9 Å². The second-order valence-electron chi connectivity index (χ2n) is 7.23. The van der Waals surface area contributed by atoms with Crippen LogP contribution in [0.25, 0.3) is 0 Å². The Kier molecular flexibility index (Phi) is 5.45. The van der Waals surface area contributed by atoms with Crippen molar-refractivity contribution in [3.8, 4) is 0 Å². The number of ether oxygens (including phenoxy) is 1. The van der Waals surface area contributed by atoms with E-state index >= 15 is 0 Å². The molecule has 0 bridgehead atoms. The normalized spacial score (nSPS) is 25.7. The van der Waals surface area contributed by atoms with Gasteiger partial charge in [0.2, 0.25) is 5.90 Å². The van der Waals surface area contributed by atoms with Crippen LogP contribution in [0.5, 0.6) is 0 Å². The number of aliphatic imine (C=N–C) groups is 1. The van der Waals surface area contributed by atoms with Gasteiger partial charge in [-0.05, 0) is 62.3 Å². The molecule has 2 aliphatic rings. The zero-order valence-corrected chi connectivity index (χ0v) is 16.0. The Morgan fingerprint density at radius 2 is 1.77 bits per heavy atom. The Bertz CT molecular complexity index is 795. The van der Waals surface area contributed by atoms with E-state index in [1.807, 2.05) is 0 Å². The Balaban J connectivity index is 1.61. The molecule has 1 aliphatic carbocycles. The Morgan fingerprint density at radius 1 is 1.00 bits per heavy atom. The second kappa shape index (κ2) is 8.13. The molecular formula is C23H25NOS. The van der Waals surface area contributed by atoms with Gasteiger partial charge in [0.1, 0.15) is 6.10 Å². The highest BCUT2D eigenvalue weighted by Crippen LogP contribution is 2.38. The molecule has 2 aromatic carbocycles. The summed E-state index contributed by atoms with van der Waals surface area (Å²) in [5.41, 5.74) is 3.46. The molecule has 0 amide bonds. The minimum atomic E-state index is 0.340. The summed E-state index contributed by atoms with van der Waals surface area (Å²) < 4.78 is 6.39. The van der Waals surface area contributed by atoms with E-state index in [9.17, 15) is 0 Å². The minimum absolute atomic E-state index is 0.340. The maximum atomic E-state index is 6.39. The third kappa shape index (κ3) is 4.21. The number of rotatable bonds is 3. The molecule has 2 fully saturated rings. The quantitative estimate of drug-likeness (QED) is 0.567. The molecule has 0 spiro atoms. The number of hydrogen-bond acceptors (Lipinski definition) is 3. The average molecular weight is 364 g/mol. The summed E-state index contributed by atoms with van der Waals surface area (Å²) in [5, 5.41) is 2.24. The number of aryl methyl sites for hydroxylation is 1. The molecule has 1 saturated carbocycles. The SMILES string of the molecule is Cc1ccc(/N=C2\OC3CCCCC3C\C2=C/Sc2ccccc2)cc1. The first-order chi connectivity index (χ1) is 12.8. The van der Waals surface area contributed by atoms with Crippen molar-refractivity contribution in [3.63, 3.8) is 0 Å². The highest BCUT2D eigenvalue weighted by Gasteiger charge is 2.34. The zero-order chi connectivity index (χ0) is 17.8. The van der Waals surface area contributed by atoms with Crippen LogP contribution in [0.2, 0.25) is 0 Å². The molecule has 2 nitrogen and oxygen atoms in total. The lowest BCUT2D eigenvalue weighted by molar-refractivity contribution is 0.0678. The highest BCUT2D eigenvalue weighted by molar-refractivity contribution is 8.02. The number of nitrogens with zero attached hydrogens (tertiary/aromatic N) is 1. The molecule has 0 aromatic heterocycles. The fourth-order valence-electron chi connectivity index (χ4n) is 3.72. The van der Waals surface area contributed by atoms with Gasteiger partial charge in [-0.25, -0.2) is 4.99 Å². The number of hydrogen-bond donors (Lipinski definition) is 0. The Hall–Kier alpha value is -2.00. The van der Waals surface area contributed by atoms with Gasteiger partial charge in [0.15, 0.2) is 0 Å². The largest absolute Gasteiger partial charge is 0.474 e. The van der Waals surface area contributed by atoms with Crippen molar-refractivity contribution in [2.45, 2.75) is 50.0 Å². The van der Waals surface area contributed by atoms with Crippen molar-refractivity contribution >= 4 is 23.3 Å². The van der Waals surface area contributed by atoms with E-state index in [1.165, 1.54) is 35.3 Å². The van der Waals surface area contributed by atoms with Crippen LogP contribution in [0, 0.1) is 12.8 Å². The molecule has 2 unspecified atom stereocenters. The van der Waals surface area contributed by atoms with Gasteiger partial charge in [-0.15, -0.1) is 0 Å². The first-order valence-corrected chi connectivity index (χ1v) is 10.4. The molecule has 26 heavy (non-hydrogen) atoms. The predicted octanol–water partition coefficient (Wildman–Crippen LogP) is 6.68. The van der Waals surface area contributed by atoms with Crippen LogP contribution in [-0.4, -0.2) is 12.0 Å². The Morgan fingerprint density at radius 3 is 2.58 bits per heavy atom. The van der Waals surface area contributed by atoms with Gasteiger partial charge in [-0.1, -0.05) is 54.1 Å².